The summed E-state index contributed by atoms with van der Waals surface area (Å²) in [6.07, 6.45) is 3.10. The largest absolute Gasteiger partial charge is 0.488 e. The Balaban J connectivity index is 1.32. The van der Waals surface area contributed by atoms with Gasteiger partial charge in [0.2, 0.25) is 0 Å². The molecule has 2 heterocycles. The van der Waals surface area contributed by atoms with Crippen molar-refractivity contribution >= 4 is 22.4 Å². The van der Waals surface area contributed by atoms with Gasteiger partial charge in [0.05, 0.1) is 35.9 Å². The molecule has 1 fully saturated rings. The molecule has 13 heteroatoms. The summed E-state index contributed by atoms with van der Waals surface area (Å²) in [5, 5.41) is 42.2. The molecule has 54 heavy (non-hydrogen) atoms. The van der Waals surface area contributed by atoms with Crippen molar-refractivity contribution in [2.75, 3.05) is 64.6 Å². The summed E-state index contributed by atoms with van der Waals surface area (Å²) in [5.74, 6) is 2.37. The van der Waals surface area contributed by atoms with Gasteiger partial charge in [-0.05, 0) is 66.4 Å². The summed E-state index contributed by atoms with van der Waals surface area (Å²) in [6, 6.07) is 19.9. The number of aromatic nitrogens is 1. The molecule has 4 N–H and O–H groups in total. The van der Waals surface area contributed by atoms with E-state index in [4.69, 9.17) is 21.1 Å². The fourth-order valence-electron chi connectivity index (χ4n) is 6.36. The predicted molar refractivity (Wildman–Crippen MR) is 212 cm³/mol. The minimum absolute atomic E-state index is 0.110. The number of halogens is 1. The summed E-state index contributed by atoms with van der Waals surface area (Å²) < 4.78 is 24.3. The van der Waals surface area contributed by atoms with Gasteiger partial charge in [-0.15, -0.1) is 0 Å². The quantitative estimate of drug-likeness (QED) is 0.114. The van der Waals surface area contributed by atoms with E-state index in [1.54, 1.807) is 24.4 Å². The number of hydrogen-bond acceptors (Lipinski definition) is 11. The Hall–Kier alpha value is -3.90. The van der Waals surface area contributed by atoms with Gasteiger partial charge in [0, 0.05) is 91.2 Å². The zero-order valence-corrected chi connectivity index (χ0v) is 32.8. The predicted octanol–water partition coefficient (Wildman–Crippen LogP) is 4.35. The molecule has 1 aromatic heterocycles. The number of likely N-dealkylation sites (N-methyl/N-ethyl adjacent to an activating group) is 1. The van der Waals surface area contributed by atoms with E-state index in [0.717, 1.165) is 60.9 Å². The van der Waals surface area contributed by atoms with E-state index in [-0.39, 0.29) is 19.8 Å². The van der Waals surface area contributed by atoms with Crippen molar-refractivity contribution in [3.8, 4) is 28.7 Å². The Morgan fingerprint density at radius 3 is 2.24 bits per heavy atom. The molecule has 1 saturated heterocycles. The van der Waals surface area contributed by atoms with E-state index in [0.29, 0.717) is 33.2 Å². The van der Waals surface area contributed by atoms with Crippen LogP contribution in [0.1, 0.15) is 38.9 Å². The van der Waals surface area contributed by atoms with Crippen LogP contribution >= 0.6 is 11.6 Å². The second-order valence-corrected chi connectivity index (χ2v) is 16.0. The highest BCUT2D eigenvalue weighted by molar-refractivity contribution is 7.85. The average Bonchev–Trinajstić information content (AvgIpc) is 3.19. The fraction of sp³-hybridized carbons (Fsp3) is 0.415. The SMILES string of the molecule is Cc1c(COc2cc(OCc3cncc(C#N)c3)c(CNC(CO)(CO)CO)cc2Cl)cccc1-c1cccc(CN(C)CCN2CCS(=O)CC2)c1C. The number of pyridine rings is 1. The third kappa shape index (κ3) is 10.6. The molecule has 0 bridgehead atoms. The molecule has 0 radical (unpaired) electrons. The van der Waals surface area contributed by atoms with E-state index < -0.39 is 36.2 Å². The van der Waals surface area contributed by atoms with Crippen molar-refractivity contribution in [1.82, 2.24) is 20.1 Å². The second-order valence-electron chi connectivity index (χ2n) is 13.9. The number of nitrogens with zero attached hydrogens (tertiary/aromatic N) is 4. The van der Waals surface area contributed by atoms with Crippen LogP contribution in [0.3, 0.4) is 0 Å². The first-order valence-corrected chi connectivity index (χ1v) is 19.9. The molecule has 3 aromatic carbocycles. The smallest absolute Gasteiger partial charge is 0.142 e. The van der Waals surface area contributed by atoms with E-state index in [1.807, 2.05) is 12.1 Å². The van der Waals surface area contributed by atoms with Gasteiger partial charge in [0.25, 0.3) is 0 Å². The number of ether oxygens (including phenoxy) is 2. The van der Waals surface area contributed by atoms with Crippen molar-refractivity contribution in [2.24, 2.45) is 0 Å². The summed E-state index contributed by atoms with van der Waals surface area (Å²) >= 11 is 6.77. The molecule has 4 aromatic rings. The summed E-state index contributed by atoms with van der Waals surface area (Å²) in [5.41, 5.74) is 7.31. The van der Waals surface area contributed by atoms with Crippen LogP contribution < -0.4 is 14.8 Å². The lowest BCUT2D eigenvalue weighted by Crippen LogP contribution is -2.54. The molecule has 0 amide bonds. The van der Waals surface area contributed by atoms with Crippen LogP contribution in [0.5, 0.6) is 11.5 Å². The highest BCUT2D eigenvalue weighted by Gasteiger charge is 2.28. The zero-order valence-electron chi connectivity index (χ0n) is 31.2. The molecule has 11 nitrogen and oxygen atoms in total. The van der Waals surface area contributed by atoms with Gasteiger partial charge >= 0.3 is 0 Å². The van der Waals surface area contributed by atoms with Crippen molar-refractivity contribution in [3.63, 3.8) is 0 Å². The van der Waals surface area contributed by atoms with Crippen LogP contribution in [0.25, 0.3) is 11.1 Å². The monoisotopic (exact) mass is 775 g/mol. The molecule has 0 spiro atoms. The maximum atomic E-state index is 11.7. The van der Waals surface area contributed by atoms with Gasteiger partial charge in [-0.2, -0.15) is 5.26 Å². The van der Waals surface area contributed by atoms with Gasteiger partial charge in [0.15, 0.2) is 0 Å². The molecule has 0 unspecified atom stereocenters. The fourth-order valence-corrected chi connectivity index (χ4v) is 7.73. The van der Waals surface area contributed by atoms with Crippen molar-refractivity contribution in [1.29, 1.82) is 5.26 Å². The summed E-state index contributed by atoms with van der Waals surface area (Å²) in [7, 11) is 1.48. The molecule has 5 rings (SSSR count). The minimum Gasteiger partial charge on any atom is -0.488 e. The van der Waals surface area contributed by atoms with Crippen molar-refractivity contribution < 1.29 is 29.0 Å². The molecule has 1 aliphatic rings. The third-order valence-corrected chi connectivity index (χ3v) is 11.6. The number of nitrogens with one attached hydrogen (secondary N) is 1. The molecular formula is C41H50ClN5O6S. The first-order valence-electron chi connectivity index (χ1n) is 18.0. The van der Waals surface area contributed by atoms with Crippen LogP contribution in [0.4, 0.5) is 0 Å². The van der Waals surface area contributed by atoms with Crippen LogP contribution in [-0.4, -0.2) is 104 Å². The number of benzene rings is 3. The first kappa shape index (κ1) is 41.3. The lowest BCUT2D eigenvalue weighted by atomic mass is 9.91. The Morgan fingerprint density at radius 2 is 1.57 bits per heavy atom. The Labute approximate surface area is 325 Å². The van der Waals surface area contributed by atoms with Gasteiger partial charge in [-0.3, -0.25) is 9.19 Å². The van der Waals surface area contributed by atoms with E-state index in [1.165, 1.54) is 22.9 Å². The van der Waals surface area contributed by atoms with Crippen LogP contribution in [0.2, 0.25) is 5.02 Å². The van der Waals surface area contributed by atoms with Gasteiger partial charge < -0.3 is 39.9 Å². The normalized spacial score (nSPS) is 14.0. The number of aliphatic hydroxyl groups excluding tert-OH is 3. The van der Waals surface area contributed by atoms with E-state index >= 15 is 0 Å². The topological polar surface area (TPSA) is 151 Å². The first-order chi connectivity index (χ1) is 26.1. The molecule has 0 aliphatic carbocycles. The van der Waals surface area contributed by atoms with Crippen LogP contribution in [0.15, 0.2) is 67.0 Å². The number of nitriles is 1. The second kappa shape index (κ2) is 19.6. The van der Waals surface area contributed by atoms with Crippen molar-refractivity contribution in [2.45, 2.75) is 45.7 Å². The average molecular weight is 776 g/mol. The Morgan fingerprint density at radius 1 is 0.926 bits per heavy atom. The van der Waals surface area contributed by atoms with Crippen LogP contribution in [0, 0.1) is 25.2 Å². The maximum absolute atomic E-state index is 11.7. The highest BCUT2D eigenvalue weighted by atomic mass is 35.5. The molecule has 288 valence electrons. The number of rotatable bonds is 18. The molecule has 0 atom stereocenters. The Bertz CT molecular complexity index is 1930. The zero-order chi connectivity index (χ0) is 38.7. The van der Waals surface area contributed by atoms with Gasteiger partial charge in [0.1, 0.15) is 30.8 Å². The lowest BCUT2D eigenvalue weighted by Gasteiger charge is -2.29. The van der Waals surface area contributed by atoms with Crippen molar-refractivity contribution in [3.05, 3.63) is 111 Å². The minimum atomic E-state index is -1.31. The van der Waals surface area contributed by atoms with E-state index in [2.05, 4.69) is 71.3 Å². The maximum Gasteiger partial charge on any atom is 0.142 e. The standard InChI is InChI=1S/C41H50ClN5O6S/c1-29-33(23-46(3)10-11-47-12-14-54(51)15-13-47)6-4-8-36(29)37-9-5-7-34(30(37)2)25-53-40-18-39(52-24-32-16-31(19-43)20-44-21-32)35(17-38(40)42)22-45-41(26-48,27-49)28-50/h4-9,16-18,20-21,45,48-50H,10-15,22-28H2,1-3H3. The molecule has 1 aliphatic heterocycles. The van der Waals surface area contributed by atoms with E-state index in [9.17, 15) is 24.8 Å². The lowest BCUT2D eigenvalue weighted by molar-refractivity contribution is 0.0412. The molecule has 0 saturated carbocycles. The molecular weight excluding hydrogens is 726 g/mol. The van der Waals surface area contributed by atoms with Gasteiger partial charge in [-0.25, -0.2) is 0 Å². The number of aliphatic hydroxyl groups is 3. The summed E-state index contributed by atoms with van der Waals surface area (Å²) in [4.78, 5) is 8.87. The summed E-state index contributed by atoms with van der Waals surface area (Å²) in [6.45, 7) is 7.84. The third-order valence-electron chi connectivity index (χ3n) is 10.1. The Kier molecular flexibility index (Phi) is 15.0. The van der Waals surface area contributed by atoms with Crippen LogP contribution in [-0.2, 0) is 37.1 Å². The van der Waals surface area contributed by atoms with Gasteiger partial charge in [-0.1, -0.05) is 48.0 Å². The number of hydrogen-bond donors (Lipinski definition) is 4. The highest BCUT2D eigenvalue weighted by Crippen LogP contribution is 2.36.